The first-order chi connectivity index (χ1) is 14.7. The highest BCUT2D eigenvalue weighted by molar-refractivity contribution is 14.1. The Morgan fingerprint density at radius 2 is 1.65 bits per heavy atom. The first-order valence-corrected chi connectivity index (χ1v) is 12.0. The van der Waals surface area contributed by atoms with Gasteiger partial charge in [-0.05, 0) is 46.9 Å². The Morgan fingerprint density at radius 1 is 0.968 bits per heavy atom. The van der Waals surface area contributed by atoms with Crippen LogP contribution >= 0.6 is 22.6 Å². The summed E-state index contributed by atoms with van der Waals surface area (Å²) in [5.74, 6) is -3.50. The molecule has 0 aromatic heterocycles. The molecular weight excluding hydrogens is 550 g/mol. The average molecular weight is 569 g/mol. The Hall–Kier alpha value is -1.61. The van der Waals surface area contributed by atoms with E-state index < -0.39 is 39.1 Å². The lowest BCUT2D eigenvalue weighted by molar-refractivity contribution is -0.179. The van der Waals surface area contributed by atoms with Crippen molar-refractivity contribution in [2.75, 3.05) is 36.3 Å². The quantitative estimate of drug-likeness (QED) is 0.534. The first kappa shape index (κ1) is 22.6. The number of rotatable bonds is 5. The molecule has 1 spiro atoms. The second kappa shape index (κ2) is 8.73. The molecule has 0 atom stereocenters. The van der Waals surface area contributed by atoms with Crippen LogP contribution in [0.3, 0.4) is 0 Å². The highest BCUT2D eigenvalue weighted by atomic mass is 127. The maximum Gasteiger partial charge on any atom is 0.301 e. The maximum atomic E-state index is 14.6. The van der Waals surface area contributed by atoms with Gasteiger partial charge in [-0.15, -0.1) is 0 Å². The molecule has 168 valence electrons. The largest absolute Gasteiger partial charge is 0.351 e. The zero-order valence-electron chi connectivity index (χ0n) is 16.1. The van der Waals surface area contributed by atoms with Gasteiger partial charge in [0.15, 0.2) is 11.6 Å². The summed E-state index contributed by atoms with van der Waals surface area (Å²) in [4.78, 5) is 0. The number of hydrogen-bond acceptors (Lipinski definition) is 5. The molecule has 0 unspecified atom stereocenters. The van der Waals surface area contributed by atoms with Crippen LogP contribution in [0, 0.1) is 21.0 Å². The van der Waals surface area contributed by atoms with Crippen LogP contribution in [0.2, 0.25) is 0 Å². The van der Waals surface area contributed by atoms with Crippen LogP contribution in [-0.4, -0.2) is 44.8 Å². The first-order valence-electron chi connectivity index (χ1n) is 9.44. The summed E-state index contributed by atoms with van der Waals surface area (Å²) >= 11 is 1.92. The fourth-order valence-corrected chi connectivity index (χ4v) is 5.27. The third kappa shape index (κ3) is 4.92. The van der Waals surface area contributed by atoms with Crippen molar-refractivity contribution < 1.29 is 31.1 Å². The molecule has 0 amide bonds. The molecule has 0 saturated carbocycles. The van der Waals surface area contributed by atoms with Gasteiger partial charge in [-0.25, -0.2) is 13.2 Å². The van der Waals surface area contributed by atoms with Crippen molar-refractivity contribution in [3.63, 3.8) is 0 Å². The summed E-state index contributed by atoms with van der Waals surface area (Å²) < 4.78 is 83.5. The Kier molecular flexibility index (Phi) is 6.36. The van der Waals surface area contributed by atoms with Gasteiger partial charge in [0.1, 0.15) is 17.3 Å². The van der Waals surface area contributed by atoms with Crippen molar-refractivity contribution in [1.82, 2.24) is 4.31 Å². The van der Waals surface area contributed by atoms with Crippen molar-refractivity contribution in [2.24, 2.45) is 0 Å². The summed E-state index contributed by atoms with van der Waals surface area (Å²) in [6.07, 6.45) is 0.664. The van der Waals surface area contributed by atoms with Gasteiger partial charge in [0, 0.05) is 35.6 Å². The van der Waals surface area contributed by atoms with Gasteiger partial charge >= 0.3 is 10.2 Å². The van der Waals surface area contributed by atoms with Crippen LogP contribution < -0.4 is 10.0 Å². The molecule has 31 heavy (non-hydrogen) atoms. The van der Waals surface area contributed by atoms with E-state index in [1.54, 1.807) is 6.07 Å². The van der Waals surface area contributed by atoms with Crippen molar-refractivity contribution >= 4 is 49.9 Å². The summed E-state index contributed by atoms with van der Waals surface area (Å²) in [5.41, 5.74) is -0.813. The lowest BCUT2D eigenvalue weighted by Gasteiger charge is -2.36. The maximum absolute atomic E-state index is 14.6. The molecule has 2 aromatic rings. The molecule has 2 fully saturated rings. The molecule has 0 radical (unpaired) electrons. The number of ether oxygens (including phenoxy) is 2. The number of halogens is 4. The second-order valence-corrected chi connectivity index (χ2v) is 10.1. The SMILES string of the molecule is O=S(=O)(Nc1c(F)cc(F)cc1Nc1ccc(I)cc1F)N1CCC2(CC1)OCCO2. The minimum atomic E-state index is -4.17. The summed E-state index contributed by atoms with van der Waals surface area (Å²) in [7, 11) is -4.17. The van der Waals surface area contributed by atoms with Crippen LogP contribution in [-0.2, 0) is 19.7 Å². The standard InChI is InChI=1S/C19H19F3IN3O4S/c20-12-9-15(22)18(17(10-12)24-16-2-1-13(23)11-14(16)21)25-31(27,28)26-5-3-19(4-6-26)29-7-8-30-19/h1-2,9-11,24-25H,3-8H2. The molecule has 4 rings (SSSR count). The topological polar surface area (TPSA) is 79.9 Å². The zero-order valence-corrected chi connectivity index (χ0v) is 19.1. The van der Waals surface area contributed by atoms with Crippen molar-refractivity contribution in [1.29, 1.82) is 0 Å². The highest BCUT2D eigenvalue weighted by Crippen LogP contribution is 2.35. The van der Waals surface area contributed by atoms with E-state index in [-0.39, 0.29) is 24.5 Å². The Balaban J connectivity index is 1.57. The number of piperidine rings is 1. The van der Waals surface area contributed by atoms with Gasteiger partial charge in [0.05, 0.1) is 24.6 Å². The van der Waals surface area contributed by atoms with Crippen LogP contribution in [0.1, 0.15) is 12.8 Å². The Bertz CT molecular complexity index is 1090. The molecule has 12 heteroatoms. The van der Waals surface area contributed by atoms with E-state index in [0.29, 0.717) is 35.7 Å². The monoisotopic (exact) mass is 569 g/mol. The molecule has 0 bridgehead atoms. The summed E-state index contributed by atoms with van der Waals surface area (Å²) in [6, 6.07) is 5.67. The summed E-state index contributed by atoms with van der Waals surface area (Å²) in [6.45, 7) is 1.12. The number of nitrogens with one attached hydrogen (secondary N) is 2. The minimum absolute atomic E-state index is 0.0543. The van der Waals surface area contributed by atoms with Crippen LogP contribution in [0.25, 0.3) is 0 Å². The van der Waals surface area contributed by atoms with E-state index >= 15 is 0 Å². The van der Waals surface area contributed by atoms with Gasteiger partial charge in [-0.3, -0.25) is 4.72 Å². The zero-order chi connectivity index (χ0) is 22.2. The number of benzene rings is 2. The highest BCUT2D eigenvalue weighted by Gasteiger charge is 2.42. The van der Waals surface area contributed by atoms with Crippen LogP contribution in [0.4, 0.5) is 30.2 Å². The van der Waals surface area contributed by atoms with E-state index in [1.165, 1.54) is 12.1 Å². The smallest absolute Gasteiger partial charge is 0.301 e. The van der Waals surface area contributed by atoms with Crippen LogP contribution in [0.15, 0.2) is 30.3 Å². The van der Waals surface area contributed by atoms with E-state index in [1.807, 2.05) is 22.6 Å². The van der Waals surface area contributed by atoms with Crippen LogP contribution in [0.5, 0.6) is 0 Å². The Labute approximate surface area is 191 Å². The Morgan fingerprint density at radius 3 is 2.29 bits per heavy atom. The predicted octanol–water partition coefficient (Wildman–Crippen LogP) is 3.95. The molecule has 2 aromatic carbocycles. The molecule has 2 N–H and O–H groups in total. The fourth-order valence-electron chi connectivity index (χ4n) is 3.56. The normalized spacial score (nSPS) is 19.0. The molecular formula is C19H19F3IN3O4S. The molecule has 2 aliphatic rings. The lowest BCUT2D eigenvalue weighted by atomic mass is 10.1. The van der Waals surface area contributed by atoms with Gasteiger partial charge in [0.2, 0.25) is 0 Å². The van der Waals surface area contributed by atoms with E-state index in [2.05, 4.69) is 10.0 Å². The van der Waals surface area contributed by atoms with Gasteiger partial charge in [-0.2, -0.15) is 12.7 Å². The second-order valence-electron chi connectivity index (χ2n) is 7.17. The number of nitrogens with zero attached hydrogens (tertiary/aromatic N) is 1. The van der Waals surface area contributed by atoms with Gasteiger partial charge in [-0.1, -0.05) is 0 Å². The van der Waals surface area contributed by atoms with Crippen molar-refractivity contribution in [2.45, 2.75) is 18.6 Å². The molecule has 0 aliphatic carbocycles. The number of anilines is 3. The lowest BCUT2D eigenvalue weighted by Crippen LogP contribution is -2.48. The minimum Gasteiger partial charge on any atom is -0.351 e. The fraction of sp³-hybridized carbons (Fsp3) is 0.368. The molecule has 7 nitrogen and oxygen atoms in total. The van der Waals surface area contributed by atoms with Gasteiger partial charge < -0.3 is 14.8 Å². The average Bonchev–Trinajstić information content (AvgIpc) is 3.15. The van der Waals surface area contributed by atoms with Crippen molar-refractivity contribution in [3.8, 4) is 0 Å². The predicted molar refractivity (Wildman–Crippen MR) is 117 cm³/mol. The molecule has 2 heterocycles. The van der Waals surface area contributed by atoms with Gasteiger partial charge in [0.25, 0.3) is 0 Å². The third-order valence-corrected chi connectivity index (χ3v) is 7.30. The van der Waals surface area contributed by atoms with Crippen molar-refractivity contribution in [3.05, 3.63) is 51.4 Å². The van der Waals surface area contributed by atoms with E-state index in [9.17, 15) is 21.6 Å². The molecule has 2 saturated heterocycles. The van der Waals surface area contributed by atoms with E-state index in [4.69, 9.17) is 9.47 Å². The summed E-state index contributed by atoms with van der Waals surface area (Å²) in [5, 5.41) is 2.57. The third-order valence-electron chi connectivity index (χ3n) is 5.12. The van der Waals surface area contributed by atoms with E-state index in [0.717, 1.165) is 10.4 Å². The molecule has 2 aliphatic heterocycles. The number of hydrogen-bond donors (Lipinski definition) is 2.